The molecular formula is C29H30N4O2. The third kappa shape index (κ3) is 4.28. The molecule has 0 spiro atoms. The van der Waals surface area contributed by atoms with Crippen LogP contribution in [0.15, 0.2) is 65.6 Å². The molecule has 2 aromatic carbocycles. The molecule has 2 aromatic heterocycles. The van der Waals surface area contributed by atoms with Gasteiger partial charge in [0, 0.05) is 24.1 Å². The Morgan fingerprint density at radius 2 is 1.83 bits per heavy atom. The zero-order chi connectivity index (χ0) is 24.4. The van der Waals surface area contributed by atoms with Gasteiger partial charge in [0.05, 0.1) is 23.6 Å². The van der Waals surface area contributed by atoms with E-state index in [0.717, 1.165) is 53.7 Å². The molecule has 1 saturated carbocycles. The van der Waals surface area contributed by atoms with Gasteiger partial charge in [-0.15, -0.1) is 0 Å². The predicted molar refractivity (Wildman–Crippen MR) is 136 cm³/mol. The van der Waals surface area contributed by atoms with Crippen molar-refractivity contribution in [3.8, 4) is 17.2 Å². The molecule has 0 atom stereocenters. The lowest BCUT2D eigenvalue weighted by molar-refractivity contribution is 0.110. The van der Waals surface area contributed by atoms with Gasteiger partial charge in [-0.05, 0) is 48.8 Å². The molecule has 2 heterocycles. The highest BCUT2D eigenvalue weighted by atomic mass is 16.3. The third-order valence-corrected chi connectivity index (χ3v) is 7.18. The van der Waals surface area contributed by atoms with E-state index in [-0.39, 0.29) is 17.7 Å². The van der Waals surface area contributed by atoms with E-state index in [1.165, 1.54) is 0 Å². The van der Waals surface area contributed by atoms with Crippen LogP contribution in [0.25, 0.3) is 16.8 Å². The lowest BCUT2D eigenvalue weighted by Gasteiger charge is -2.29. The minimum atomic E-state index is -0.291. The molecule has 0 radical (unpaired) electrons. The summed E-state index contributed by atoms with van der Waals surface area (Å²) in [7, 11) is 0. The van der Waals surface area contributed by atoms with E-state index in [0.29, 0.717) is 30.4 Å². The maximum Gasteiger partial charge on any atom is 0.257 e. The van der Waals surface area contributed by atoms with Crippen molar-refractivity contribution < 1.29 is 5.11 Å². The molecule has 4 aromatic rings. The average Bonchev–Trinajstić information content (AvgIpc) is 3.37. The Bertz CT molecular complexity index is 1440. The van der Waals surface area contributed by atoms with E-state index in [1.807, 2.05) is 63.7 Å². The Morgan fingerprint density at radius 3 is 2.54 bits per heavy atom. The summed E-state index contributed by atoms with van der Waals surface area (Å²) >= 11 is 0. The molecule has 0 amide bonds. The highest BCUT2D eigenvalue weighted by Gasteiger charge is 2.27. The minimum absolute atomic E-state index is 0.00292. The molecule has 0 bridgehead atoms. The smallest absolute Gasteiger partial charge is 0.257 e. The second kappa shape index (κ2) is 9.89. The lowest BCUT2D eigenvalue weighted by atomic mass is 9.91. The molecule has 6 nitrogen and oxygen atoms in total. The van der Waals surface area contributed by atoms with Crippen LogP contribution in [0, 0.1) is 11.3 Å². The van der Waals surface area contributed by atoms with Crippen LogP contribution in [-0.4, -0.2) is 25.4 Å². The van der Waals surface area contributed by atoms with Crippen molar-refractivity contribution >= 4 is 5.65 Å². The Labute approximate surface area is 205 Å². The molecule has 35 heavy (non-hydrogen) atoms. The number of aryl methyl sites for hydroxylation is 1. The summed E-state index contributed by atoms with van der Waals surface area (Å²) in [6.45, 7) is 2.10. The Morgan fingerprint density at radius 1 is 1.06 bits per heavy atom. The summed E-state index contributed by atoms with van der Waals surface area (Å²) in [5.41, 5.74) is 5.74. The van der Waals surface area contributed by atoms with E-state index in [9.17, 15) is 15.2 Å². The van der Waals surface area contributed by atoms with Crippen LogP contribution >= 0.6 is 0 Å². The first kappa shape index (κ1) is 23.1. The quantitative estimate of drug-likeness (QED) is 0.431. The molecule has 1 aliphatic rings. The number of aliphatic hydroxyl groups is 1. The number of benzene rings is 2. The minimum Gasteiger partial charge on any atom is -0.393 e. The monoisotopic (exact) mass is 466 g/mol. The van der Waals surface area contributed by atoms with E-state index in [2.05, 4.69) is 18.1 Å². The van der Waals surface area contributed by atoms with Crippen molar-refractivity contribution in [1.29, 1.82) is 5.26 Å². The molecular weight excluding hydrogens is 436 g/mol. The van der Waals surface area contributed by atoms with Crippen LogP contribution < -0.4 is 5.56 Å². The van der Waals surface area contributed by atoms with Gasteiger partial charge in [0.1, 0.15) is 11.7 Å². The summed E-state index contributed by atoms with van der Waals surface area (Å²) in [4.78, 5) is 14.1. The summed E-state index contributed by atoms with van der Waals surface area (Å²) in [6, 6.07) is 20.1. The molecule has 1 fully saturated rings. The van der Waals surface area contributed by atoms with Crippen molar-refractivity contribution in [1.82, 2.24) is 14.2 Å². The number of hydrogen-bond donors (Lipinski definition) is 1. The Hall–Kier alpha value is -3.69. The zero-order valence-corrected chi connectivity index (χ0v) is 20.0. The molecule has 1 N–H and O–H groups in total. The van der Waals surface area contributed by atoms with Crippen LogP contribution in [0.2, 0.25) is 0 Å². The number of rotatable bonds is 6. The molecule has 5 rings (SSSR count). The van der Waals surface area contributed by atoms with Gasteiger partial charge < -0.3 is 5.11 Å². The van der Waals surface area contributed by atoms with Gasteiger partial charge in [0.2, 0.25) is 0 Å². The molecule has 0 unspecified atom stereocenters. The normalized spacial score (nSPS) is 18.0. The van der Waals surface area contributed by atoms with E-state index in [1.54, 1.807) is 6.20 Å². The van der Waals surface area contributed by atoms with E-state index < -0.39 is 0 Å². The van der Waals surface area contributed by atoms with Gasteiger partial charge in [0.25, 0.3) is 5.56 Å². The molecule has 0 aliphatic heterocycles. The summed E-state index contributed by atoms with van der Waals surface area (Å²) in [5, 5.41) is 24.8. The molecule has 6 heteroatoms. The van der Waals surface area contributed by atoms with Gasteiger partial charge in [-0.3, -0.25) is 9.36 Å². The van der Waals surface area contributed by atoms with Gasteiger partial charge in [0.15, 0.2) is 0 Å². The van der Waals surface area contributed by atoms with Crippen molar-refractivity contribution in [2.24, 2.45) is 0 Å². The van der Waals surface area contributed by atoms with Crippen molar-refractivity contribution in [3.63, 3.8) is 0 Å². The fourth-order valence-corrected chi connectivity index (χ4v) is 5.46. The highest BCUT2D eigenvalue weighted by Crippen LogP contribution is 2.31. The maximum absolute atomic E-state index is 14.1. The Balaban J connectivity index is 1.67. The first-order chi connectivity index (χ1) is 17.1. The topological polar surface area (TPSA) is 83.3 Å². The zero-order valence-electron chi connectivity index (χ0n) is 20.0. The van der Waals surface area contributed by atoms with Crippen LogP contribution in [-0.2, 0) is 12.8 Å². The third-order valence-electron chi connectivity index (χ3n) is 7.18. The summed E-state index contributed by atoms with van der Waals surface area (Å²) < 4.78 is 3.80. The summed E-state index contributed by atoms with van der Waals surface area (Å²) in [5.74, 6) is 0. The fourth-order valence-electron chi connectivity index (χ4n) is 5.46. The maximum atomic E-state index is 14.1. The number of nitriles is 1. The van der Waals surface area contributed by atoms with Gasteiger partial charge >= 0.3 is 0 Å². The largest absolute Gasteiger partial charge is 0.393 e. The van der Waals surface area contributed by atoms with E-state index in [4.69, 9.17) is 0 Å². The second-order valence-electron chi connectivity index (χ2n) is 9.41. The van der Waals surface area contributed by atoms with Crippen LogP contribution in [0.3, 0.4) is 0 Å². The first-order valence-electron chi connectivity index (χ1n) is 12.5. The summed E-state index contributed by atoms with van der Waals surface area (Å²) in [6.07, 6.45) is 6.38. The number of aromatic nitrogens is 3. The van der Waals surface area contributed by atoms with Crippen LogP contribution in [0.4, 0.5) is 0 Å². The molecule has 0 saturated heterocycles. The number of nitrogens with zero attached hydrogens (tertiary/aromatic N) is 4. The van der Waals surface area contributed by atoms with Gasteiger partial charge in [-0.2, -0.15) is 10.4 Å². The predicted octanol–water partition coefficient (Wildman–Crippen LogP) is 5.05. The van der Waals surface area contributed by atoms with Crippen molar-refractivity contribution in [2.45, 2.75) is 64.0 Å². The van der Waals surface area contributed by atoms with Crippen molar-refractivity contribution in [2.75, 3.05) is 0 Å². The standard InChI is InChI=1S/C29H30N4O2/c1-2-7-27-25(18-21-10-6-11-24(26(21)19-30)20-8-4-3-5-9-20)29(35)32(28-16-17-31-33(27)28)22-12-14-23(34)15-13-22/h3-6,8-11,16-17,22-23,34H,2,7,12-15,18H2,1H3. The number of hydrogen-bond acceptors (Lipinski definition) is 4. The Kier molecular flexibility index (Phi) is 6.52. The fraction of sp³-hybridized carbons (Fsp3) is 0.345. The lowest BCUT2D eigenvalue weighted by Crippen LogP contribution is -2.34. The number of fused-ring (bicyclic) bond motifs is 1. The highest BCUT2D eigenvalue weighted by molar-refractivity contribution is 5.72. The van der Waals surface area contributed by atoms with Gasteiger partial charge in [-0.1, -0.05) is 61.9 Å². The average molecular weight is 467 g/mol. The van der Waals surface area contributed by atoms with Crippen LogP contribution in [0.1, 0.15) is 67.5 Å². The van der Waals surface area contributed by atoms with Crippen LogP contribution in [0.5, 0.6) is 0 Å². The SMILES string of the molecule is CCCc1c(Cc2cccc(-c3ccccc3)c2C#N)c(=O)n(C2CCC(O)CC2)c2ccnn12. The van der Waals surface area contributed by atoms with Crippen molar-refractivity contribution in [3.05, 3.63) is 93.5 Å². The molecule has 1 aliphatic carbocycles. The number of aliphatic hydroxyl groups excluding tert-OH is 1. The first-order valence-corrected chi connectivity index (χ1v) is 12.5. The van der Waals surface area contributed by atoms with Gasteiger partial charge in [-0.25, -0.2) is 4.52 Å². The molecule has 178 valence electrons. The second-order valence-corrected chi connectivity index (χ2v) is 9.41. The van der Waals surface area contributed by atoms with E-state index >= 15 is 0 Å².